The number of hydrogen-bond donors (Lipinski definition) is 0. The molecule has 2 heterocycles. The Bertz CT molecular complexity index is 170. The van der Waals surface area contributed by atoms with Gasteiger partial charge in [0.1, 0.15) is 0 Å². The topological polar surface area (TPSA) is 21.8 Å². The fourth-order valence-electron chi connectivity index (χ4n) is 2.74. The normalized spacial score (nSPS) is 35.0. The fourth-order valence-corrected chi connectivity index (χ4v) is 2.74. The molecule has 0 radical (unpaired) electrons. The first-order chi connectivity index (χ1) is 5.33. The van der Waals surface area contributed by atoms with E-state index in [4.69, 9.17) is 9.47 Å². The van der Waals surface area contributed by atoms with Gasteiger partial charge in [-0.2, -0.15) is 0 Å². The lowest BCUT2D eigenvalue weighted by Crippen LogP contribution is -2.48. The summed E-state index contributed by atoms with van der Waals surface area (Å²) in [5, 5.41) is 0. The van der Waals surface area contributed by atoms with Crippen molar-refractivity contribution in [1.29, 1.82) is 0 Å². The molecule has 0 aromatic rings. The first-order valence-electron chi connectivity index (χ1n) is 4.67. The Morgan fingerprint density at radius 1 is 0.917 bits per heavy atom. The smallest absolute Gasteiger partial charge is 0.0970 e. The van der Waals surface area contributed by atoms with Crippen LogP contribution in [0.3, 0.4) is 0 Å². The van der Waals surface area contributed by atoms with E-state index in [0.29, 0.717) is 0 Å². The average Bonchev–Trinajstić information content (AvgIpc) is 2.37. The third kappa shape index (κ3) is 1.50. The molecule has 0 unspecified atom stereocenters. The Morgan fingerprint density at radius 3 is 1.67 bits per heavy atom. The van der Waals surface area contributed by atoms with Crippen molar-refractivity contribution in [3.63, 3.8) is 0 Å². The zero-order valence-corrected chi connectivity index (χ0v) is 8.44. The van der Waals surface area contributed by atoms with Gasteiger partial charge in [-0.3, -0.25) is 0 Å². The molecule has 0 N–H and O–H groups in total. The summed E-state index contributed by atoms with van der Waals surface area (Å²) in [6, 6.07) is 0. The quantitative estimate of drug-likeness (QED) is 0.519. The summed E-state index contributed by atoms with van der Waals surface area (Å²) in [6.45, 7) is 9.53. The van der Waals surface area contributed by atoms with Crippen LogP contribution in [0, 0.1) is 0 Å². The summed E-state index contributed by atoms with van der Waals surface area (Å²) < 4.78 is 11.5. The average molecular weight is 170 g/mol. The van der Waals surface area contributed by atoms with E-state index in [9.17, 15) is 0 Å². The molecule has 0 bridgehead atoms. The largest absolute Gasteiger partial charge is 0.369 e. The first kappa shape index (κ1) is 8.52. The summed E-state index contributed by atoms with van der Waals surface area (Å²) in [6.07, 6.45) is 2.09. The summed E-state index contributed by atoms with van der Waals surface area (Å²) in [7, 11) is 0. The van der Waals surface area contributed by atoms with E-state index in [1.807, 2.05) is 0 Å². The van der Waals surface area contributed by atoms with E-state index in [0.717, 1.165) is 19.4 Å². The number of epoxide rings is 1. The highest BCUT2D eigenvalue weighted by molar-refractivity contribution is 5.05. The molecule has 2 aliphatic rings. The predicted octanol–water partition coefficient (Wildman–Crippen LogP) is 2.12. The van der Waals surface area contributed by atoms with Crippen molar-refractivity contribution in [2.24, 2.45) is 0 Å². The molecule has 0 aromatic heterocycles. The molecule has 2 fully saturated rings. The third-order valence-corrected chi connectivity index (χ3v) is 2.60. The van der Waals surface area contributed by atoms with Gasteiger partial charge < -0.3 is 9.47 Å². The summed E-state index contributed by atoms with van der Waals surface area (Å²) in [5.41, 5.74) is 0.141. The highest BCUT2D eigenvalue weighted by Crippen LogP contribution is 2.49. The molecule has 70 valence electrons. The van der Waals surface area contributed by atoms with Crippen LogP contribution < -0.4 is 0 Å². The lowest BCUT2D eigenvalue weighted by molar-refractivity contribution is -0.176. The number of rotatable bonds is 0. The Morgan fingerprint density at radius 2 is 1.33 bits per heavy atom. The molecule has 12 heavy (non-hydrogen) atoms. The zero-order valence-electron chi connectivity index (χ0n) is 8.44. The lowest BCUT2D eigenvalue weighted by atomic mass is 9.81. The molecule has 0 aromatic carbocycles. The van der Waals surface area contributed by atoms with Gasteiger partial charge in [0, 0.05) is 12.8 Å². The van der Waals surface area contributed by atoms with Crippen LogP contribution in [-0.4, -0.2) is 23.4 Å². The summed E-state index contributed by atoms with van der Waals surface area (Å²) >= 11 is 0. The van der Waals surface area contributed by atoms with Crippen LogP contribution in [0.15, 0.2) is 0 Å². The maximum Gasteiger partial charge on any atom is 0.0970 e. The van der Waals surface area contributed by atoms with Crippen LogP contribution in [0.4, 0.5) is 0 Å². The second-order valence-electron chi connectivity index (χ2n) is 5.45. The van der Waals surface area contributed by atoms with Gasteiger partial charge in [0.25, 0.3) is 0 Å². The highest BCUT2D eigenvalue weighted by Gasteiger charge is 2.56. The monoisotopic (exact) mass is 170 g/mol. The Balaban J connectivity index is 2.17. The minimum absolute atomic E-state index is 0.0156. The summed E-state index contributed by atoms with van der Waals surface area (Å²) in [5.74, 6) is 0. The van der Waals surface area contributed by atoms with E-state index in [1.54, 1.807) is 0 Å². The third-order valence-electron chi connectivity index (χ3n) is 2.60. The Kier molecular flexibility index (Phi) is 1.45. The van der Waals surface area contributed by atoms with Gasteiger partial charge in [0.05, 0.1) is 23.4 Å². The SMILES string of the molecule is CC1(C)CC2(CO2)CC(C)(C)O1. The Hall–Kier alpha value is -0.0800. The van der Waals surface area contributed by atoms with Gasteiger partial charge in [-0.15, -0.1) is 0 Å². The lowest BCUT2D eigenvalue weighted by Gasteiger charge is -2.44. The molecule has 2 saturated heterocycles. The molecule has 2 nitrogen and oxygen atoms in total. The minimum atomic E-state index is -0.0156. The molecule has 2 rings (SSSR count). The molecule has 0 aliphatic carbocycles. The van der Waals surface area contributed by atoms with Crippen LogP contribution >= 0.6 is 0 Å². The van der Waals surface area contributed by atoms with E-state index < -0.39 is 0 Å². The van der Waals surface area contributed by atoms with Gasteiger partial charge in [-0.05, 0) is 27.7 Å². The molecular weight excluding hydrogens is 152 g/mol. The second kappa shape index (κ2) is 2.05. The molecule has 2 aliphatic heterocycles. The van der Waals surface area contributed by atoms with Crippen LogP contribution in [0.2, 0.25) is 0 Å². The van der Waals surface area contributed by atoms with Crippen molar-refractivity contribution in [3.05, 3.63) is 0 Å². The van der Waals surface area contributed by atoms with Crippen LogP contribution in [0.1, 0.15) is 40.5 Å². The summed E-state index contributed by atoms with van der Waals surface area (Å²) in [4.78, 5) is 0. The van der Waals surface area contributed by atoms with Crippen molar-refractivity contribution in [3.8, 4) is 0 Å². The van der Waals surface area contributed by atoms with Crippen molar-refractivity contribution in [1.82, 2.24) is 0 Å². The van der Waals surface area contributed by atoms with Crippen LogP contribution in [0.25, 0.3) is 0 Å². The van der Waals surface area contributed by atoms with Gasteiger partial charge in [0.15, 0.2) is 0 Å². The molecule has 0 saturated carbocycles. The van der Waals surface area contributed by atoms with E-state index in [1.165, 1.54) is 0 Å². The maximum absolute atomic E-state index is 5.96. The van der Waals surface area contributed by atoms with Crippen molar-refractivity contribution in [2.75, 3.05) is 6.61 Å². The van der Waals surface area contributed by atoms with Gasteiger partial charge in [-0.25, -0.2) is 0 Å². The predicted molar refractivity (Wildman–Crippen MR) is 47.2 cm³/mol. The standard InChI is InChI=1S/C10H18O2/c1-8(2)5-10(7-11-10)6-9(3,4)12-8/h5-7H2,1-4H3. The van der Waals surface area contributed by atoms with Crippen molar-refractivity contribution < 1.29 is 9.47 Å². The van der Waals surface area contributed by atoms with Crippen LogP contribution in [-0.2, 0) is 9.47 Å². The molecule has 0 atom stereocenters. The fraction of sp³-hybridized carbons (Fsp3) is 1.00. The number of hydrogen-bond acceptors (Lipinski definition) is 2. The maximum atomic E-state index is 5.96. The molecule has 1 spiro atoms. The van der Waals surface area contributed by atoms with E-state index >= 15 is 0 Å². The molecule has 0 amide bonds. The van der Waals surface area contributed by atoms with E-state index in [-0.39, 0.29) is 16.8 Å². The molecule has 2 heteroatoms. The number of ether oxygens (including phenoxy) is 2. The molecular formula is C10H18O2. The van der Waals surface area contributed by atoms with Gasteiger partial charge >= 0.3 is 0 Å². The second-order valence-corrected chi connectivity index (χ2v) is 5.45. The zero-order chi connectivity index (χ0) is 9.04. The van der Waals surface area contributed by atoms with Crippen molar-refractivity contribution in [2.45, 2.75) is 57.3 Å². The van der Waals surface area contributed by atoms with E-state index in [2.05, 4.69) is 27.7 Å². The van der Waals surface area contributed by atoms with Gasteiger partial charge in [-0.1, -0.05) is 0 Å². The minimum Gasteiger partial charge on any atom is -0.369 e. The van der Waals surface area contributed by atoms with Gasteiger partial charge in [0.2, 0.25) is 0 Å². The first-order valence-corrected chi connectivity index (χ1v) is 4.67. The van der Waals surface area contributed by atoms with Crippen molar-refractivity contribution >= 4 is 0 Å². The van der Waals surface area contributed by atoms with Crippen LogP contribution in [0.5, 0.6) is 0 Å². The Labute approximate surface area is 74.2 Å². The highest BCUT2D eigenvalue weighted by atomic mass is 16.6.